The maximum absolute atomic E-state index is 5.76. The third-order valence-corrected chi connectivity index (χ3v) is 4.69. The van der Waals surface area contributed by atoms with Crippen LogP contribution in [-0.4, -0.2) is 30.1 Å². The Balaban J connectivity index is 2.40. The van der Waals surface area contributed by atoms with Gasteiger partial charge in [0, 0.05) is 18.6 Å². The first-order chi connectivity index (χ1) is 8.66. The first-order valence-corrected chi connectivity index (χ1v) is 8.11. The predicted molar refractivity (Wildman–Crippen MR) is 80.8 cm³/mol. The second-order valence-corrected chi connectivity index (χ2v) is 6.42. The summed E-state index contributed by atoms with van der Waals surface area (Å²) in [5.41, 5.74) is 6.21. The number of nitrogens with zero attached hydrogens (tertiary/aromatic N) is 1. The van der Waals surface area contributed by atoms with E-state index < -0.39 is 0 Å². The molecule has 2 nitrogen and oxygen atoms in total. The standard InChI is InChI=1S/C16H34N2/c1-4-6-8-10-16(3,11-9-7-5-2)18-13-15(12-17)14-18/h15H,4-14,17H2,1-3H3. The number of unbranched alkanes of at least 4 members (excludes halogenated alkanes) is 4. The van der Waals surface area contributed by atoms with E-state index in [1.54, 1.807) is 0 Å². The predicted octanol–water partition coefficient (Wildman–Crippen LogP) is 3.80. The average Bonchev–Trinajstić information content (AvgIpc) is 2.28. The van der Waals surface area contributed by atoms with Crippen LogP contribution in [0.5, 0.6) is 0 Å². The molecule has 0 spiro atoms. The van der Waals surface area contributed by atoms with Gasteiger partial charge in [0.1, 0.15) is 0 Å². The summed E-state index contributed by atoms with van der Waals surface area (Å²) in [5.74, 6) is 0.765. The number of hydrogen-bond donors (Lipinski definition) is 1. The molecule has 0 aromatic rings. The number of hydrogen-bond acceptors (Lipinski definition) is 2. The van der Waals surface area contributed by atoms with Gasteiger partial charge in [-0.2, -0.15) is 0 Å². The lowest BCUT2D eigenvalue weighted by Crippen LogP contribution is -2.60. The van der Waals surface area contributed by atoms with Gasteiger partial charge in [0.05, 0.1) is 0 Å². The molecule has 108 valence electrons. The third-order valence-electron chi connectivity index (χ3n) is 4.69. The van der Waals surface area contributed by atoms with Gasteiger partial charge >= 0.3 is 0 Å². The molecule has 1 fully saturated rings. The van der Waals surface area contributed by atoms with Crippen molar-refractivity contribution in [3.63, 3.8) is 0 Å². The van der Waals surface area contributed by atoms with E-state index in [4.69, 9.17) is 5.73 Å². The van der Waals surface area contributed by atoms with Crippen LogP contribution >= 0.6 is 0 Å². The number of likely N-dealkylation sites (tertiary alicyclic amines) is 1. The van der Waals surface area contributed by atoms with Crippen LogP contribution in [-0.2, 0) is 0 Å². The van der Waals surface area contributed by atoms with Crippen LogP contribution in [0.1, 0.15) is 72.1 Å². The molecule has 0 aromatic heterocycles. The molecule has 0 bridgehead atoms. The normalized spacial score (nSPS) is 18.0. The first-order valence-electron chi connectivity index (χ1n) is 8.11. The van der Waals surface area contributed by atoms with Gasteiger partial charge in [-0.1, -0.05) is 52.4 Å². The van der Waals surface area contributed by atoms with Gasteiger partial charge in [0.25, 0.3) is 0 Å². The molecular formula is C16H34N2. The van der Waals surface area contributed by atoms with E-state index in [0.717, 1.165) is 12.5 Å². The Morgan fingerprint density at radius 1 is 1.00 bits per heavy atom. The largest absolute Gasteiger partial charge is 0.330 e. The zero-order valence-electron chi connectivity index (χ0n) is 12.9. The summed E-state index contributed by atoms with van der Waals surface area (Å²) >= 11 is 0. The number of rotatable bonds is 10. The molecule has 1 aliphatic heterocycles. The maximum atomic E-state index is 5.76. The van der Waals surface area contributed by atoms with E-state index in [9.17, 15) is 0 Å². The first kappa shape index (κ1) is 16.0. The second kappa shape index (κ2) is 8.16. The molecule has 0 saturated carbocycles. The lowest BCUT2D eigenvalue weighted by Gasteiger charge is -2.51. The van der Waals surface area contributed by atoms with Crippen molar-refractivity contribution in [2.24, 2.45) is 11.7 Å². The Morgan fingerprint density at radius 3 is 1.89 bits per heavy atom. The Hall–Kier alpha value is -0.0800. The fraction of sp³-hybridized carbons (Fsp3) is 1.00. The van der Waals surface area contributed by atoms with Crippen molar-refractivity contribution in [2.75, 3.05) is 19.6 Å². The van der Waals surface area contributed by atoms with Gasteiger partial charge in [-0.25, -0.2) is 0 Å². The molecule has 2 heteroatoms. The lowest BCUT2D eigenvalue weighted by molar-refractivity contribution is -0.0156. The summed E-state index contributed by atoms with van der Waals surface area (Å²) < 4.78 is 0. The van der Waals surface area contributed by atoms with Gasteiger partial charge in [-0.05, 0) is 32.2 Å². The highest BCUT2D eigenvalue weighted by Crippen LogP contribution is 2.34. The van der Waals surface area contributed by atoms with Crippen molar-refractivity contribution in [1.82, 2.24) is 4.90 Å². The highest BCUT2D eigenvalue weighted by Gasteiger charge is 2.38. The SMILES string of the molecule is CCCCCC(C)(CCCCC)N1CC(CN)C1. The Morgan fingerprint density at radius 2 is 1.50 bits per heavy atom. The maximum Gasteiger partial charge on any atom is 0.0181 e. The molecule has 0 aliphatic carbocycles. The number of nitrogens with two attached hydrogens (primary N) is 1. The summed E-state index contributed by atoms with van der Waals surface area (Å²) in [6.45, 7) is 10.4. The fourth-order valence-corrected chi connectivity index (χ4v) is 3.11. The van der Waals surface area contributed by atoms with E-state index >= 15 is 0 Å². The fourth-order valence-electron chi connectivity index (χ4n) is 3.11. The van der Waals surface area contributed by atoms with E-state index in [2.05, 4.69) is 25.7 Å². The molecule has 0 radical (unpaired) electrons. The zero-order valence-corrected chi connectivity index (χ0v) is 12.9. The molecule has 1 heterocycles. The molecule has 0 atom stereocenters. The van der Waals surface area contributed by atoms with Crippen LogP contribution in [0.15, 0.2) is 0 Å². The summed E-state index contributed by atoms with van der Waals surface area (Å²) in [7, 11) is 0. The summed E-state index contributed by atoms with van der Waals surface area (Å²) in [6.07, 6.45) is 11.0. The van der Waals surface area contributed by atoms with E-state index in [1.807, 2.05) is 0 Å². The Labute approximate surface area is 114 Å². The van der Waals surface area contributed by atoms with Gasteiger partial charge in [-0.15, -0.1) is 0 Å². The van der Waals surface area contributed by atoms with Crippen molar-refractivity contribution in [3.05, 3.63) is 0 Å². The smallest absolute Gasteiger partial charge is 0.0181 e. The Kier molecular flexibility index (Phi) is 7.25. The zero-order chi connectivity index (χ0) is 13.4. The summed E-state index contributed by atoms with van der Waals surface area (Å²) in [4.78, 5) is 2.70. The van der Waals surface area contributed by atoms with E-state index in [0.29, 0.717) is 5.54 Å². The summed E-state index contributed by atoms with van der Waals surface area (Å²) in [5, 5.41) is 0. The highest BCUT2D eigenvalue weighted by atomic mass is 15.2. The van der Waals surface area contributed by atoms with Crippen LogP contribution in [0.3, 0.4) is 0 Å². The quantitative estimate of drug-likeness (QED) is 0.601. The third kappa shape index (κ3) is 4.55. The average molecular weight is 254 g/mol. The van der Waals surface area contributed by atoms with Crippen LogP contribution in [0.25, 0.3) is 0 Å². The molecule has 1 saturated heterocycles. The van der Waals surface area contributed by atoms with Crippen LogP contribution < -0.4 is 5.73 Å². The van der Waals surface area contributed by atoms with E-state index in [-0.39, 0.29) is 0 Å². The lowest BCUT2D eigenvalue weighted by atomic mass is 9.82. The van der Waals surface area contributed by atoms with Crippen molar-refractivity contribution >= 4 is 0 Å². The van der Waals surface area contributed by atoms with Gasteiger partial charge < -0.3 is 5.73 Å². The van der Waals surface area contributed by atoms with Gasteiger partial charge in [0.15, 0.2) is 0 Å². The molecule has 2 N–H and O–H groups in total. The highest BCUT2D eigenvalue weighted by molar-refractivity contribution is 4.94. The molecule has 0 aromatic carbocycles. The van der Waals surface area contributed by atoms with Crippen molar-refractivity contribution < 1.29 is 0 Å². The van der Waals surface area contributed by atoms with Crippen molar-refractivity contribution in [3.8, 4) is 0 Å². The molecule has 0 amide bonds. The Bertz CT molecular complexity index is 199. The van der Waals surface area contributed by atoms with Gasteiger partial charge in [-0.3, -0.25) is 4.90 Å². The van der Waals surface area contributed by atoms with Crippen LogP contribution in [0.4, 0.5) is 0 Å². The second-order valence-electron chi connectivity index (χ2n) is 6.42. The molecule has 18 heavy (non-hydrogen) atoms. The minimum atomic E-state index is 0.454. The molecular weight excluding hydrogens is 220 g/mol. The monoisotopic (exact) mass is 254 g/mol. The minimum Gasteiger partial charge on any atom is -0.330 e. The van der Waals surface area contributed by atoms with Crippen LogP contribution in [0.2, 0.25) is 0 Å². The van der Waals surface area contributed by atoms with Crippen LogP contribution in [0, 0.1) is 5.92 Å². The van der Waals surface area contributed by atoms with Gasteiger partial charge in [0.2, 0.25) is 0 Å². The van der Waals surface area contributed by atoms with Crippen molar-refractivity contribution in [2.45, 2.75) is 77.7 Å². The molecule has 1 aliphatic rings. The topological polar surface area (TPSA) is 29.3 Å². The molecule has 0 unspecified atom stereocenters. The summed E-state index contributed by atoms with van der Waals surface area (Å²) in [6, 6.07) is 0. The minimum absolute atomic E-state index is 0.454. The van der Waals surface area contributed by atoms with E-state index in [1.165, 1.54) is 64.5 Å². The van der Waals surface area contributed by atoms with Crippen molar-refractivity contribution in [1.29, 1.82) is 0 Å². The molecule has 1 rings (SSSR count).